The van der Waals surface area contributed by atoms with Crippen LogP contribution in [0, 0.1) is 12.7 Å². The molecule has 0 spiro atoms. The highest BCUT2D eigenvalue weighted by atomic mass is 32.1. The number of nitrogens with one attached hydrogen (secondary N) is 1. The van der Waals surface area contributed by atoms with Gasteiger partial charge in [-0.05, 0) is 61.5 Å². The lowest BCUT2D eigenvalue weighted by atomic mass is 9.94. The van der Waals surface area contributed by atoms with Gasteiger partial charge < -0.3 is 14.8 Å². The van der Waals surface area contributed by atoms with Crippen molar-refractivity contribution in [2.45, 2.75) is 19.9 Å². The van der Waals surface area contributed by atoms with Crippen molar-refractivity contribution in [1.29, 1.82) is 0 Å². The zero-order valence-corrected chi connectivity index (χ0v) is 17.4. The van der Waals surface area contributed by atoms with E-state index in [1.807, 2.05) is 38.1 Å². The molecule has 29 heavy (non-hydrogen) atoms. The van der Waals surface area contributed by atoms with Gasteiger partial charge in [-0.2, -0.15) is 0 Å². The van der Waals surface area contributed by atoms with E-state index in [1.54, 1.807) is 17.0 Å². The van der Waals surface area contributed by atoms with Gasteiger partial charge in [0, 0.05) is 18.5 Å². The smallest absolute Gasteiger partial charge is 0.338 e. The van der Waals surface area contributed by atoms with E-state index < -0.39 is 12.0 Å². The lowest BCUT2D eigenvalue weighted by molar-refractivity contribution is -0.140. The molecule has 1 atom stereocenters. The van der Waals surface area contributed by atoms with Crippen molar-refractivity contribution >= 4 is 29.0 Å². The molecule has 7 heteroatoms. The lowest BCUT2D eigenvalue weighted by Crippen LogP contribution is -2.48. The summed E-state index contributed by atoms with van der Waals surface area (Å²) in [6.07, 6.45) is 0. The number of rotatable bonds is 6. The standard InChI is InChI=1S/C22H23FN2O3S/c1-14-6-4-9-18(12-14)25-15(2)19(21(26)28-11-10-27-3)20(24-22(25)29)16-7-5-8-17(23)13-16/h4-9,12-13,20H,10-11H2,1-3H3,(H,24,29)/t20-/m0/s1. The maximum Gasteiger partial charge on any atom is 0.338 e. The molecule has 0 unspecified atom stereocenters. The molecule has 0 saturated carbocycles. The molecule has 0 radical (unpaired) electrons. The summed E-state index contributed by atoms with van der Waals surface area (Å²) in [5.74, 6) is -0.887. The number of carbonyl (C=O) groups is 1. The molecule has 1 aliphatic rings. The molecular weight excluding hydrogens is 391 g/mol. The van der Waals surface area contributed by atoms with Crippen LogP contribution in [0.25, 0.3) is 0 Å². The lowest BCUT2D eigenvalue weighted by Gasteiger charge is -2.37. The first-order valence-electron chi connectivity index (χ1n) is 9.22. The summed E-state index contributed by atoms with van der Waals surface area (Å²) in [6, 6.07) is 13.3. The van der Waals surface area contributed by atoms with Crippen molar-refractivity contribution in [2.24, 2.45) is 0 Å². The van der Waals surface area contributed by atoms with Crippen molar-refractivity contribution in [1.82, 2.24) is 5.32 Å². The van der Waals surface area contributed by atoms with Gasteiger partial charge in [0.2, 0.25) is 0 Å². The summed E-state index contributed by atoms with van der Waals surface area (Å²) in [7, 11) is 1.54. The second-order valence-electron chi connectivity index (χ2n) is 6.74. The molecule has 2 aromatic rings. The molecule has 1 heterocycles. The van der Waals surface area contributed by atoms with E-state index >= 15 is 0 Å². The fourth-order valence-corrected chi connectivity index (χ4v) is 3.68. The first-order chi connectivity index (χ1) is 13.9. The van der Waals surface area contributed by atoms with Crippen molar-refractivity contribution in [3.8, 4) is 0 Å². The van der Waals surface area contributed by atoms with Crippen molar-refractivity contribution in [3.63, 3.8) is 0 Å². The van der Waals surface area contributed by atoms with E-state index in [9.17, 15) is 9.18 Å². The minimum atomic E-state index is -0.616. The minimum absolute atomic E-state index is 0.122. The normalized spacial score (nSPS) is 16.6. The average molecular weight is 415 g/mol. The number of esters is 1. The molecule has 5 nitrogen and oxygen atoms in total. The number of aryl methyl sites for hydroxylation is 1. The van der Waals surface area contributed by atoms with Crippen LogP contribution in [-0.2, 0) is 14.3 Å². The Bertz CT molecular complexity index is 961. The summed E-state index contributed by atoms with van der Waals surface area (Å²) in [6.45, 7) is 4.21. The summed E-state index contributed by atoms with van der Waals surface area (Å²) >= 11 is 5.60. The van der Waals surface area contributed by atoms with Crippen molar-refractivity contribution in [3.05, 3.63) is 76.7 Å². The predicted octanol–water partition coefficient (Wildman–Crippen LogP) is 4.03. The van der Waals surface area contributed by atoms with Gasteiger partial charge in [-0.3, -0.25) is 4.90 Å². The maximum atomic E-state index is 13.9. The second kappa shape index (κ2) is 9.15. The Hall–Kier alpha value is -2.77. The molecule has 2 aromatic carbocycles. The number of halogens is 1. The molecule has 0 aromatic heterocycles. The second-order valence-corrected chi connectivity index (χ2v) is 7.13. The molecule has 3 rings (SSSR count). The van der Waals surface area contributed by atoms with Gasteiger partial charge in [-0.15, -0.1) is 0 Å². The number of thiocarbonyl (C=S) groups is 1. The van der Waals surface area contributed by atoms with Gasteiger partial charge in [-0.25, -0.2) is 9.18 Å². The number of benzene rings is 2. The summed E-state index contributed by atoms with van der Waals surface area (Å²) in [5, 5.41) is 3.61. The number of methoxy groups -OCH3 is 1. The third kappa shape index (κ3) is 4.63. The van der Waals surface area contributed by atoms with Gasteiger partial charge in [0.25, 0.3) is 0 Å². The maximum absolute atomic E-state index is 13.9. The van der Waals surface area contributed by atoms with Gasteiger partial charge >= 0.3 is 5.97 Å². The minimum Gasteiger partial charge on any atom is -0.460 e. The third-order valence-electron chi connectivity index (χ3n) is 4.67. The Morgan fingerprint density at radius 1 is 1.17 bits per heavy atom. The van der Waals surface area contributed by atoms with Gasteiger partial charge in [0.05, 0.1) is 18.2 Å². The van der Waals surface area contributed by atoms with Gasteiger partial charge in [-0.1, -0.05) is 24.3 Å². The molecule has 0 bridgehead atoms. The summed E-state index contributed by atoms with van der Waals surface area (Å²) < 4.78 is 24.2. The van der Waals surface area contributed by atoms with Crippen LogP contribution < -0.4 is 10.2 Å². The third-order valence-corrected chi connectivity index (χ3v) is 4.97. The van der Waals surface area contributed by atoms with Crippen LogP contribution in [0.15, 0.2) is 59.8 Å². The molecule has 0 aliphatic carbocycles. The highest BCUT2D eigenvalue weighted by molar-refractivity contribution is 7.80. The molecule has 0 saturated heterocycles. The van der Waals surface area contributed by atoms with Crippen LogP contribution in [0.2, 0.25) is 0 Å². The molecule has 0 amide bonds. The summed E-state index contributed by atoms with van der Waals surface area (Å²) in [4.78, 5) is 14.8. The van der Waals surface area contributed by atoms with E-state index in [1.165, 1.54) is 19.2 Å². The Morgan fingerprint density at radius 2 is 1.93 bits per heavy atom. The Morgan fingerprint density at radius 3 is 2.62 bits per heavy atom. The number of anilines is 1. The van der Waals surface area contributed by atoms with E-state index in [0.717, 1.165) is 11.3 Å². The zero-order chi connectivity index (χ0) is 21.0. The quantitative estimate of drug-likeness (QED) is 0.438. The van der Waals surface area contributed by atoms with Crippen LogP contribution in [0.5, 0.6) is 0 Å². The number of ether oxygens (including phenoxy) is 2. The van der Waals surface area contributed by atoms with Crippen LogP contribution in [0.3, 0.4) is 0 Å². The summed E-state index contributed by atoms with van der Waals surface area (Å²) in [5.41, 5.74) is 3.50. The number of hydrogen-bond acceptors (Lipinski definition) is 4. The predicted molar refractivity (Wildman–Crippen MR) is 114 cm³/mol. The number of allylic oxidation sites excluding steroid dienone is 1. The fourth-order valence-electron chi connectivity index (χ4n) is 3.32. The Labute approximate surface area is 175 Å². The van der Waals surface area contributed by atoms with Crippen LogP contribution in [0.4, 0.5) is 10.1 Å². The first-order valence-corrected chi connectivity index (χ1v) is 9.62. The molecule has 152 valence electrons. The Kier molecular flexibility index (Phi) is 6.61. The van der Waals surface area contributed by atoms with Crippen molar-refractivity contribution in [2.75, 3.05) is 25.2 Å². The monoisotopic (exact) mass is 414 g/mol. The highest BCUT2D eigenvalue weighted by Crippen LogP contribution is 2.34. The SMILES string of the molecule is COCCOC(=O)C1=C(C)N(c2cccc(C)c2)C(=S)N[C@H]1c1cccc(F)c1. The number of carbonyl (C=O) groups excluding carboxylic acids is 1. The largest absolute Gasteiger partial charge is 0.460 e. The Balaban J connectivity index is 2.08. The van der Waals surface area contributed by atoms with Crippen molar-refractivity contribution < 1.29 is 18.7 Å². The molecule has 1 N–H and O–H groups in total. The van der Waals surface area contributed by atoms with Crippen LogP contribution in [0.1, 0.15) is 24.1 Å². The van der Waals surface area contributed by atoms with Crippen LogP contribution in [-0.4, -0.2) is 31.4 Å². The van der Waals surface area contributed by atoms with Crippen LogP contribution >= 0.6 is 12.2 Å². The highest BCUT2D eigenvalue weighted by Gasteiger charge is 2.35. The van der Waals surface area contributed by atoms with Gasteiger partial charge in [0.1, 0.15) is 12.4 Å². The molecular formula is C22H23FN2O3S. The molecule has 0 fully saturated rings. The van der Waals surface area contributed by atoms with E-state index in [-0.39, 0.29) is 19.0 Å². The van der Waals surface area contributed by atoms with E-state index in [0.29, 0.717) is 21.9 Å². The van der Waals surface area contributed by atoms with E-state index in [4.69, 9.17) is 21.7 Å². The number of nitrogens with zero attached hydrogens (tertiary/aromatic N) is 1. The van der Waals surface area contributed by atoms with E-state index in [2.05, 4.69) is 5.32 Å². The number of hydrogen-bond donors (Lipinski definition) is 1. The average Bonchev–Trinajstić information content (AvgIpc) is 2.67. The molecule has 1 aliphatic heterocycles. The first kappa shape index (κ1) is 21.0. The zero-order valence-electron chi connectivity index (χ0n) is 16.6. The topological polar surface area (TPSA) is 50.8 Å². The fraction of sp³-hybridized carbons (Fsp3) is 0.273. The van der Waals surface area contributed by atoms with Gasteiger partial charge in [0.15, 0.2) is 5.11 Å².